The largest absolute Gasteiger partial charge is 0.373 e. The van der Waals surface area contributed by atoms with E-state index in [-0.39, 0.29) is 18.0 Å². The molecule has 3 amide bonds. The highest BCUT2D eigenvalue weighted by molar-refractivity contribution is 5.89. The summed E-state index contributed by atoms with van der Waals surface area (Å²) in [5.41, 5.74) is 3.10. The Labute approximate surface area is 159 Å². The first kappa shape index (κ1) is 18.9. The first-order valence-electron chi connectivity index (χ1n) is 9.15. The molecule has 142 valence electrons. The molecule has 2 aromatic rings. The van der Waals surface area contributed by atoms with Gasteiger partial charge in [-0.3, -0.25) is 4.79 Å². The molecule has 6 heteroatoms. The predicted octanol–water partition coefficient (Wildman–Crippen LogP) is 2.65. The van der Waals surface area contributed by atoms with E-state index in [0.717, 1.165) is 17.7 Å². The highest BCUT2D eigenvalue weighted by Gasteiger charge is 2.22. The number of hydrogen-bond acceptors (Lipinski definition) is 3. The minimum Gasteiger partial charge on any atom is -0.373 e. The van der Waals surface area contributed by atoms with Crippen molar-refractivity contribution in [1.29, 1.82) is 0 Å². The summed E-state index contributed by atoms with van der Waals surface area (Å²) >= 11 is 0. The second kappa shape index (κ2) is 9.19. The van der Waals surface area contributed by atoms with Crippen LogP contribution in [0.15, 0.2) is 54.6 Å². The highest BCUT2D eigenvalue weighted by atomic mass is 16.5. The fourth-order valence-corrected chi connectivity index (χ4v) is 3.10. The quantitative estimate of drug-likeness (QED) is 0.853. The maximum absolute atomic E-state index is 12.2. The zero-order valence-corrected chi connectivity index (χ0v) is 15.5. The normalized spacial score (nSPS) is 16.6. The van der Waals surface area contributed by atoms with Gasteiger partial charge in [-0.1, -0.05) is 42.5 Å². The van der Waals surface area contributed by atoms with Crippen LogP contribution in [-0.4, -0.2) is 49.2 Å². The molecule has 1 aliphatic heterocycles. The number of nitrogens with one attached hydrogen (secondary N) is 2. The van der Waals surface area contributed by atoms with Crippen molar-refractivity contribution in [2.45, 2.75) is 19.4 Å². The molecule has 0 bridgehead atoms. The molecule has 27 heavy (non-hydrogen) atoms. The summed E-state index contributed by atoms with van der Waals surface area (Å²) in [4.78, 5) is 25.4. The maximum Gasteiger partial charge on any atom is 0.319 e. The standard InChI is InChI=1S/C21H25N3O3/c1-16(25)24-10-11-27-20(15-24)14-22-21(26)23-19-9-5-8-18(13-19)12-17-6-3-2-4-7-17/h2-9,13,20H,10-12,14-15H2,1H3,(H2,22,23,26). The van der Waals surface area contributed by atoms with Crippen LogP contribution >= 0.6 is 0 Å². The van der Waals surface area contributed by atoms with Crippen molar-refractivity contribution in [3.63, 3.8) is 0 Å². The monoisotopic (exact) mass is 367 g/mol. The molecule has 1 atom stereocenters. The number of ether oxygens (including phenoxy) is 1. The lowest BCUT2D eigenvalue weighted by Crippen LogP contribution is -2.49. The number of hydrogen-bond donors (Lipinski definition) is 2. The minimum absolute atomic E-state index is 0.0305. The molecule has 2 N–H and O–H groups in total. The number of rotatable bonds is 5. The van der Waals surface area contributed by atoms with Gasteiger partial charge in [-0.2, -0.15) is 0 Å². The minimum atomic E-state index is -0.282. The van der Waals surface area contributed by atoms with Gasteiger partial charge in [0.05, 0.1) is 12.7 Å². The van der Waals surface area contributed by atoms with Crippen molar-refractivity contribution >= 4 is 17.6 Å². The third kappa shape index (κ3) is 5.82. The summed E-state index contributed by atoms with van der Waals surface area (Å²) in [5.74, 6) is 0.0305. The summed E-state index contributed by atoms with van der Waals surface area (Å²) in [7, 11) is 0. The molecule has 1 aliphatic rings. The van der Waals surface area contributed by atoms with Crippen molar-refractivity contribution in [2.24, 2.45) is 0 Å². The second-order valence-electron chi connectivity index (χ2n) is 6.66. The van der Waals surface area contributed by atoms with Gasteiger partial charge >= 0.3 is 6.03 Å². The van der Waals surface area contributed by atoms with Crippen LogP contribution < -0.4 is 10.6 Å². The summed E-state index contributed by atoms with van der Waals surface area (Å²) < 4.78 is 5.61. The van der Waals surface area contributed by atoms with Gasteiger partial charge in [0.15, 0.2) is 0 Å². The molecular formula is C21H25N3O3. The first-order chi connectivity index (χ1) is 13.1. The van der Waals surface area contributed by atoms with Crippen LogP contribution in [0, 0.1) is 0 Å². The van der Waals surface area contributed by atoms with Gasteiger partial charge in [-0.05, 0) is 29.7 Å². The predicted molar refractivity (Wildman–Crippen MR) is 105 cm³/mol. The maximum atomic E-state index is 12.2. The van der Waals surface area contributed by atoms with Crippen LogP contribution in [0.5, 0.6) is 0 Å². The Hall–Kier alpha value is -2.86. The van der Waals surface area contributed by atoms with Gasteiger partial charge in [0, 0.05) is 32.2 Å². The molecule has 2 aromatic carbocycles. The lowest BCUT2D eigenvalue weighted by Gasteiger charge is -2.32. The fraction of sp³-hybridized carbons (Fsp3) is 0.333. The van der Waals surface area contributed by atoms with Crippen LogP contribution in [0.1, 0.15) is 18.1 Å². The number of carbonyl (C=O) groups excluding carboxylic acids is 2. The molecule has 0 spiro atoms. The Balaban J connectivity index is 1.49. The third-order valence-corrected chi connectivity index (χ3v) is 4.51. The second-order valence-corrected chi connectivity index (χ2v) is 6.66. The van der Waals surface area contributed by atoms with E-state index < -0.39 is 0 Å². The van der Waals surface area contributed by atoms with Crippen LogP contribution in [0.2, 0.25) is 0 Å². The van der Waals surface area contributed by atoms with Crippen LogP contribution in [0.3, 0.4) is 0 Å². The molecule has 1 saturated heterocycles. The van der Waals surface area contributed by atoms with E-state index in [9.17, 15) is 9.59 Å². The van der Waals surface area contributed by atoms with Crippen molar-refractivity contribution in [1.82, 2.24) is 10.2 Å². The number of morpholine rings is 1. The smallest absolute Gasteiger partial charge is 0.319 e. The van der Waals surface area contributed by atoms with Crippen LogP contribution in [-0.2, 0) is 16.0 Å². The zero-order valence-electron chi connectivity index (χ0n) is 15.5. The number of amides is 3. The molecule has 1 unspecified atom stereocenters. The van der Waals surface area contributed by atoms with Gasteiger partial charge in [-0.25, -0.2) is 4.79 Å². The van der Waals surface area contributed by atoms with E-state index >= 15 is 0 Å². The van der Waals surface area contributed by atoms with E-state index in [0.29, 0.717) is 26.2 Å². The molecule has 3 rings (SSSR count). The van der Waals surface area contributed by atoms with Gasteiger partial charge in [0.1, 0.15) is 0 Å². The molecule has 1 heterocycles. The highest BCUT2D eigenvalue weighted by Crippen LogP contribution is 2.14. The lowest BCUT2D eigenvalue weighted by molar-refractivity contribution is -0.136. The van der Waals surface area contributed by atoms with Crippen molar-refractivity contribution in [3.05, 3.63) is 65.7 Å². The molecule has 0 aromatic heterocycles. The Morgan fingerprint density at radius 3 is 2.67 bits per heavy atom. The fourth-order valence-electron chi connectivity index (χ4n) is 3.10. The van der Waals surface area contributed by atoms with E-state index in [2.05, 4.69) is 22.8 Å². The number of benzene rings is 2. The van der Waals surface area contributed by atoms with Gasteiger partial charge in [0.25, 0.3) is 0 Å². The molecule has 1 fully saturated rings. The van der Waals surface area contributed by atoms with Crippen LogP contribution in [0.25, 0.3) is 0 Å². The number of carbonyl (C=O) groups is 2. The third-order valence-electron chi connectivity index (χ3n) is 4.51. The first-order valence-corrected chi connectivity index (χ1v) is 9.15. The number of nitrogens with zero attached hydrogens (tertiary/aromatic N) is 1. The molecule has 0 radical (unpaired) electrons. The lowest BCUT2D eigenvalue weighted by atomic mass is 10.0. The molecule has 0 saturated carbocycles. The van der Waals surface area contributed by atoms with Crippen molar-refractivity contribution < 1.29 is 14.3 Å². The summed E-state index contributed by atoms with van der Waals surface area (Å²) in [6, 6.07) is 17.7. The van der Waals surface area contributed by atoms with Gasteiger partial charge < -0.3 is 20.3 Å². The average Bonchev–Trinajstić information content (AvgIpc) is 2.68. The summed E-state index contributed by atoms with van der Waals surface area (Å²) in [6.45, 7) is 3.51. The average molecular weight is 367 g/mol. The van der Waals surface area contributed by atoms with Gasteiger partial charge in [-0.15, -0.1) is 0 Å². The zero-order chi connectivity index (χ0) is 19.1. The Kier molecular flexibility index (Phi) is 6.44. The van der Waals surface area contributed by atoms with Crippen LogP contribution in [0.4, 0.5) is 10.5 Å². The Bertz CT molecular complexity index is 779. The van der Waals surface area contributed by atoms with E-state index in [1.165, 1.54) is 5.56 Å². The van der Waals surface area contributed by atoms with E-state index in [4.69, 9.17) is 4.74 Å². The van der Waals surface area contributed by atoms with E-state index in [1.54, 1.807) is 11.8 Å². The Morgan fingerprint density at radius 2 is 1.89 bits per heavy atom. The summed E-state index contributed by atoms with van der Waals surface area (Å²) in [5, 5.41) is 5.67. The topological polar surface area (TPSA) is 70.7 Å². The number of urea groups is 1. The SMILES string of the molecule is CC(=O)N1CCOC(CNC(=O)Nc2cccc(Cc3ccccc3)c2)C1. The number of anilines is 1. The summed E-state index contributed by atoms with van der Waals surface area (Å²) in [6.07, 6.45) is 0.632. The van der Waals surface area contributed by atoms with E-state index in [1.807, 2.05) is 42.5 Å². The molecule has 6 nitrogen and oxygen atoms in total. The molecular weight excluding hydrogens is 342 g/mol. The van der Waals surface area contributed by atoms with Gasteiger partial charge in [0.2, 0.25) is 5.91 Å². The molecule has 0 aliphatic carbocycles. The Morgan fingerprint density at radius 1 is 1.11 bits per heavy atom. The van der Waals surface area contributed by atoms with Crippen molar-refractivity contribution in [2.75, 3.05) is 31.6 Å². The van der Waals surface area contributed by atoms with Crippen molar-refractivity contribution in [3.8, 4) is 0 Å².